The summed E-state index contributed by atoms with van der Waals surface area (Å²) in [5.41, 5.74) is 3.97. The summed E-state index contributed by atoms with van der Waals surface area (Å²) >= 11 is 12.1. The number of amides is 1. The summed E-state index contributed by atoms with van der Waals surface area (Å²) in [6.45, 7) is 3.39. The van der Waals surface area contributed by atoms with E-state index in [0.29, 0.717) is 44.1 Å². The van der Waals surface area contributed by atoms with Gasteiger partial charge in [-0.25, -0.2) is 4.79 Å². The predicted octanol–water partition coefficient (Wildman–Crippen LogP) is 9.04. The van der Waals surface area contributed by atoms with Gasteiger partial charge in [-0.15, -0.1) is 0 Å². The molecule has 6 rings (SSSR count). The topological polar surface area (TPSA) is 109 Å². The molecule has 0 unspecified atom stereocenters. The number of aromatic nitrogens is 1. The van der Waals surface area contributed by atoms with Crippen LogP contribution < -0.4 is 5.32 Å². The van der Waals surface area contributed by atoms with Crippen molar-refractivity contribution >= 4 is 35.1 Å². The lowest BCUT2D eigenvalue weighted by atomic mass is 9.74. The highest BCUT2D eigenvalue weighted by Crippen LogP contribution is 2.41. The fourth-order valence-corrected chi connectivity index (χ4v) is 6.52. The minimum Gasteiger partial charge on any atom is -0.478 e. The molecule has 3 aromatic carbocycles. The van der Waals surface area contributed by atoms with Gasteiger partial charge in [0.25, 0.3) is 5.91 Å². The van der Waals surface area contributed by atoms with Gasteiger partial charge in [0.05, 0.1) is 5.02 Å². The van der Waals surface area contributed by atoms with Gasteiger partial charge in [-0.05, 0) is 95.6 Å². The van der Waals surface area contributed by atoms with Crippen molar-refractivity contribution in [3.63, 3.8) is 0 Å². The van der Waals surface area contributed by atoms with Crippen LogP contribution in [0.1, 0.15) is 63.5 Å². The Morgan fingerprint density at radius 2 is 1.55 bits per heavy atom. The van der Waals surface area contributed by atoms with E-state index in [1.54, 1.807) is 44.2 Å². The molecule has 0 bridgehead atoms. The van der Waals surface area contributed by atoms with Crippen LogP contribution in [-0.2, 0) is 5.54 Å². The number of benzene rings is 3. The number of carbonyl (C=O) groups is 2. The van der Waals surface area contributed by atoms with Crippen LogP contribution >= 0.6 is 23.2 Å². The number of hydrogen-bond donors (Lipinski definition) is 2. The van der Waals surface area contributed by atoms with E-state index in [1.165, 1.54) is 11.6 Å². The smallest absolute Gasteiger partial charge is 0.339 e. The maximum absolute atomic E-state index is 13.2. The Hall–Kier alpha value is -4.37. The monoisotopic (exact) mass is 673 g/mol. The number of rotatable bonds is 7. The second kappa shape index (κ2) is 14.6. The first kappa shape index (κ1) is 34.0. The fourth-order valence-electron chi connectivity index (χ4n) is 6.17. The van der Waals surface area contributed by atoms with Gasteiger partial charge in [-0.1, -0.05) is 76.9 Å². The van der Waals surface area contributed by atoms with Crippen molar-refractivity contribution < 1.29 is 23.6 Å². The lowest BCUT2D eigenvalue weighted by Gasteiger charge is -2.45. The highest BCUT2D eigenvalue weighted by atomic mass is 35.5. The SMILES string of the molecule is Cc1oc(-c2ccc(Cl)cc2)cc1C(=O)O.Cc1onc(-c2ccccc2Cl)c1C(=O)NC1CCC(c2ccccc2)(N(C)C)CC1. The van der Waals surface area contributed by atoms with Gasteiger partial charge in [0.1, 0.15) is 34.1 Å². The summed E-state index contributed by atoms with van der Waals surface area (Å²) in [5.74, 6) is 0.288. The third-order valence-electron chi connectivity index (χ3n) is 8.81. The number of aryl methyl sites for hydroxylation is 2. The van der Waals surface area contributed by atoms with Crippen LogP contribution in [0, 0.1) is 13.8 Å². The summed E-state index contributed by atoms with van der Waals surface area (Å²) in [7, 11) is 4.28. The molecule has 8 nitrogen and oxygen atoms in total. The van der Waals surface area contributed by atoms with Crippen LogP contribution in [0.5, 0.6) is 0 Å². The number of nitrogens with one attached hydrogen (secondary N) is 1. The second-order valence-electron chi connectivity index (χ2n) is 11.9. The van der Waals surface area contributed by atoms with Crippen LogP contribution in [-0.4, -0.2) is 47.2 Å². The third kappa shape index (κ3) is 7.46. The zero-order valence-electron chi connectivity index (χ0n) is 26.7. The standard InChI is InChI=1S/C25H28ClN3O2.C12H9ClO3/c1-17-22(23(28-31-17)20-11-7-8-12-21(20)26)24(30)27-19-13-15-25(16-14-19,29(2)3)18-9-5-4-6-10-18;1-7-10(12(14)15)6-11(16-7)8-2-4-9(13)5-3-8/h4-12,19H,13-16H2,1-3H3,(H,27,30);2-6H,1H3,(H,14,15). The molecule has 244 valence electrons. The lowest BCUT2D eigenvalue weighted by molar-refractivity contribution is 0.0694. The molecule has 1 amide bonds. The van der Waals surface area contributed by atoms with Gasteiger partial charge in [0.15, 0.2) is 0 Å². The molecular weight excluding hydrogens is 637 g/mol. The Labute approximate surface area is 284 Å². The minimum atomic E-state index is -0.985. The van der Waals surface area contributed by atoms with E-state index >= 15 is 0 Å². The van der Waals surface area contributed by atoms with E-state index in [0.717, 1.165) is 31.2 Å². The lowest BCUT2D eigenvalue weighted by Crippen LogP contribution is -2.48. The Morgan fingerprint density at radius 3 is 2.15 bits per heavy atom. The zero-order chi connectivity index (χ0) is 33.7. The second-order valence-corrected chi connectivity index (χ2v) is 12.7. The van der Waals surface area contributed by atoms with Crippen LogP contribution in [0.3, 0.4) is 0 Å². The van der Waals surface area contributed by atoms with Gasteiger partial charge in [0, 0.05) is 27.7 Å². The molecule has 2 heterocycles. The normalized spacial score (nSPS) is 17.6. The summed E-state index contributed by atoms with van der Waals surface area (Å²) in [4.78, 5) is 26.4. The first-order valence-corrected chi connectivity index (χ1v) is 16.1. The van der Waals surface area contributed by atoms with Crippen LogP contribution in [0.25, 0.3) is 22.6 Å². The van der Waals surface area contributed by atoms with Gasteiger partial charge in [0.2, 0.25) is 0 Å². The molecule has 2 N–H and O–H groups in total. The van der Waals surface area contributed by atoms with Gasteiger partial charge in [-0.3, -0.25) is 9.69 Å². The van der Waals surface area contributed by atoms with E-state index in [4.69, 9.17) is 37.2 Å². The molecule has 0 saturated heterocycles. The molecule has 0 aliphatic heterocycles. The summed E-state index contributed by atoms with van der Waals surface area (Å²) in [6, 6.07) is 26.7. The number of carbonyl (C=O) groups excluding carboxylic acids is 1. The van der Waals surface area contributed by atoms with Gasteiger partial charge >= 0.3 is 5.97 Å². The minimum absolute atomic E-state index is 0.00166. The average Bonchev–Trinajstić information content (AvgIpc) is 3.65. The van der Waals surface area contributed by atoms with Crippen molar-refractivity contribution in [2.24, 2.45) is 0 Å². The van der Waals surface area contributed by atoms with Crippen LogP contribution in [0.4, 0.5) is 0 Å². The van der Waals surface area contributed by atoms with E-state index in [1.807, 2.05) is 18.2 Å². The summed E-state index contributed by atoms with van der Waals surface area (Å²) < 4.78 is 10.7. The molecule has 1 aliphatic carbocycles. The quantitative estimate of drug-likeness (QED) is 0.177. The van der Waals surface area contributed by atoms with E-state index < -0.39 is 5.97 Å². The molecule has 1 fully saturated rings. The summed E-state index contributed by atoms with van der Waals surface area (Å²) in [6.07, 6.45) is 3.78. The van der Waals surface area contributed by atoms with Gasteiger partial charge < -0.3 is 19.4 Å². The zero-order valence-corrected chi connectivity index (χ0v) is 28.2. The Balaban J connectivity index is 0.000000227. The first-order chi connectivity index (χ1) is 22.5. The molecule has 1 aliphatic rings. The molecular formula is C37H37Cl2N3O5. The first-order valence-electron chi connectivity index (χ1n) is 15.3. The molecule has 47 heavy (non-hydrogen) atoms. The molecule has 5 aromatic rings. The summed E-state index contributed by atoms with van der Waals surface area (Å²) in [5, 5.41) is 17.4. The number of hydrogen-bond acceptors (Lipinski definition) is 6. The highest BCUT2D eigenvalue weighted by Gasteiger charge is 2.39. The maximum atomic E-state index is 13.2. The van der Waals surface area contributed by atoms with Crippen LogP contribution in [0.15, 0.2) is 93.9 Å². The van der Waals surface area contributed by atoms with Crippen molar-refractivity contribution in [2.45, 2.75) is 51.1 Å². The van der Waals surface area contributed by atoms with Crippen molar-refractivity contribution in [2.75, 3.05) is 14.1 Å². The van der Waals surface area contributed by atoms with E-state index in [9.17, 15) is 9.59 Å². The molecule has 0 spiro atoms. The van der Waals surface area contributed by atoms with Crippen molar-refractivity contribution in [3.05, 3.63) is 123 Å². The number of aromatic carboxylic acids is 1. The molecule has 2 aromatic heterocycles. The molecule has 0 atom stereocenters. The fraction of sp³-hybridized carbons (Fsp3) is 0.270. The number of carboxylic acids is 1. The largest absolute Gasteiger partial charge is 0.478 e. The highest BCUT2D eigenvalue weighted by molar-refractivity contribution is 6.33. The Kier molecular flexibility index (Phi) is 10.5. The maximum Gasteiger partial charge on any atom is 0.339 e. The number of furan rings is 1. The third-order valence-corrected chi connectivity index (χ3v) is 9.39. The molecule has 1 saturated carbocycles. The van der Waals surface area contributed by atoms with Crippen molar-refractivity contribution in [1.29, 1.82) is 0 Å². The molecule has 10 heteroatoms. The Bertz CT molecular complexity index is 1840. The molecule has 0 radical (unpaired) electrons. The van der Waals surface area contributed by atoms with Crippen molar-refractivity contribution in [1.82, 2.24) is 15.4 Å². The van der Waals surface area contributed by atoms with E-state index in [2.05, 4.69) is 59.8 Å². The van der Waals surface area contributed by atoms with Gasteiger partial charge in [-0.2, -0.15) is 0 Å². The van der Waals surface area contributed by atoms with Crippen LogP contribution in [0.2, 0.25) is 10.0 Å². The average molecular weight is 675 g/mol. The number of halogens is 2. The predicted molar refractivity (Wildman–Crippen MR) is 184 cm³/mol. The van der Waals surface area contributed by atoms with Crippen molar-refractivity contribution in [3.8, 4) is 22.6 Å². The Morgan fingerprint density at radius 1 is 0.915 bits per heavy atom. The number of carboxylic acid groups (broad SMARTS) is 1. The van der Waals surface area contributed by atoms with E-state index in [-0.39, 0.29) is 23.1 Å². The number of nitrogens with zero attached hydrogens (tertiary/aromatic N) is 2.